The van der Waals surface area contributed by atoms with E-state index in [1.807, 2.05) is 48.5 Å². The number of fused-ring (bicyclic) bond motifs is 3. The van der Waals surface area contributed by atoms with Gasteiger partial charge in [0.25, 0.3) is 0 Å². The van der Waals surface area contributed by atoms with E-state index in [-0.39, 0.29) is 19.0 Å². The fourth-order valence-corrected chi connectivity index (χ4v) is 3.98. The summed E-state index contributed by atoms with van der Waals surface area (Å²) in [6.07, 6.45) is 1.70. The third-order valence-electron chi connectivity index (χ3n) is 4.06. The van der Waals surface area contributed by atoms with Gasteiger partial charge in [-0.2, -0.15) is 0 Å². The van der Waals surface area contributed by atoms with Crippen LogP contribution in [-0.2, 0) is 17.6 Å². The Labute approximate surface area is 161 Å². The Hall–Kier alpha value is -2.57. The number of thiazole rings is 1. The number of ether oxygens (including phenoxy) is 1. The van der Waals surface area contributed by atoms with Crippen LogP contribution in [0.2, 0.25) is 0 Å². The van der Waals surface area contributed by atoms with Crippen LogP contribution in [0.4, 0.5) is 10.8 Å². The maximum Gasteiger partial charge on any atom is 0.341 e. The Morgan fingerprint density at radius 2 is 1.96 bits per heavy atom. The molecule has 0 bridgehead atoms. The van der Waals surface area contributed by atoms with E-state index in [4.69, 9.17) is 14.8 Å². The van der Waals surface area contributed by atoms with Crippen LogP contribution >= 0.6 is 23.7 Å². The van der Waals surface area contributed by atoms with E-state index in [2.05, 4.69) is 5.32 Å². The molecule has 5 nitrogen and oxygen atoms in total. The molecule has 7 heteroatoms. The number of halogens is 1. The van der Waals surface area contributed by atoms with Crippen molar-refractivity contribution in [3.05, 3.63) is 59.0 Å². The van der Waals surface area contributed by atoms with Crippen LogP contribution in [-0.4, -0.2) is 22.7 Å². The van der Waals surface area contributed by atoms with Gasteiger partial charge in [-0.1, -0.05) is 30.3 Å². The number of nitrogens with zero attached hydrogens (tertiary/aromatic N) is 1. The third kappa shape index (κ3) is 3.66. The monoisotopic (exact) mass is 388 g/mol. The van der Waals surface area contributed by atoms with Gasteiger partial charge in [-0.15, -0.1) is 23.7 Å². The first-order chi connectivity index (χ1) is 12.2. The molecule has 0 aliphatic heterocycles. The number of para-hydroxylation sites is 1. The number of rotatable bonds is 5. The van der Waals surface area contributed by atoms with E-state index in [9.17, 15) is 4.79 Å². The first-order valence-electron chi connectivity index (χ1n) is 7.99. The van der Waals surface area contributed by atoms with E-state index in [0.717, 1.165) is 40.5 Å². The molecule has 0 amide bonds. The summed E-state index contributed by atoms with van der Waals surface area (Å²) in [6, 6.07) is 15.7. The molecule has 2 N–H and O–H groups in total. The number of carboxylic acid groups (broad SMARTS) is 1. The van der Waals surface area contributed by atoms with Crippen LogP contribution in [0.25, 0.3) is 11.3 Å². The number of anilines is 2. The first kappa shape index (κ1) is 18.2. The Morgan fingerprint density at radius 1 is 1.15 bits per heavy atom. The molecule has 4 rings (SSSR count). The Kier molecular flexibility index (Phi) is 5.44. The molecule has 0 fully saturated rings. The molecule has 0 radical (unpaired) electrons. The number of aliphatic carboxylic acids is 1. The minimum Gasteiger partial charge on any atom is -0.482 e. The normalized spacial score (nSPS) is 11.7. The van der Waals surface area contributed by atoms with Gasteiger partial charge < -0.3 is 15.2 Å². The van der Waals surface area contributed by atoms with Crippen molar-refractivity contribution in [2.45, 2.75) is 12.8 Å². The summed E-state index contributed by atoms with van der Waals surface area (Å²) < 4.78 is 5.44. The SMILES string of the molecule is Cl.O=C(O)COc1cccc2c1CCc1sc(Nc3ccccc3)nc1-2. The van der Waals surface area contributed by atoms with Crippen molar-refractivity contribution in [3.8, 4) is 17.0 Å². The summed E-state index contributed by atoms with van der Waals surface area (Å²) in [4.78, 5) is 16.8. The predicted octanol–water partition coefficient (Wildman–Crippen LogP) is 4.54. The van der Waals surface area contributed by atoms with Gasteiger partial charge in [0.15, 0.2) is 11.7 Å². The van der Waals surface area contributed by atoms with Crippen LogP contribution in [0, 0.1) is 0 Å². The number of aryl methyl sites for hydroxylation is 1. The lowest BCUT2D eigenvalue weighted by Crippen LogP contribution is -2.12. The fraction of sp³-hybridized carbons (Fsp3) is 0.158. The minimum atomic E-state index is -0.975. The number of nitrogens with one attached hydrogen (secondary N) is 1. The lowest BCUT2D eigenvalue weighted by atomic mass is 9.93. The van der Waals surface area contributed by atoms with Gasteiger partial charge in [0, 0.05) is 21.7 Å². The number of aromatic nitrogens is 1. The van der Waals surface area contributed by atoms with Gasteiger partial charge in [-0.3, -0.25) is 0 Å². The third-order valence-corrected chi connectivity index (χ3v) is 5.09. The Balaban J connectivity index is 0.00000196. The number of carbonyl (C=O) groups is 1. The van der Waals surface area contributed by atoms with E-state index in [1.54, 1.807) is 11.3 Å². The standard InChI is InChI=1S/C19H16N2O3S.ClH/c22-17(23)11-24-15-8-4-7-14-13(15)9-10-16-18(14)21-19(25-16)20-12-5-2-1-3-6-12;/h1-8H,9-11H2,(H,20,21)(H,22,23);1H. The Morgan fingerprint density at radius 3 is 2.73 bits per heavy atom. The second-order valence-electron chi connectivity index (χ2n) is 5.75. The highest BCUT2D eigenvalue weighted by Crippen LogP contribution is 2.41. The number of hydrogen-bond donors (Lipinski definition) is 2. The van der Waals surface area contributed by atoms with Gasteiger partial charge >= 0.3 is 5.97 Å². The zero-order chi connectivity index (χ0) is 17.2. The molecule has 0 spiro atoms. The van der Waals surface area contributed by atoms with Crippen molar-refractivity contribution in [2.24, 2.45) is 0 Å². The quantitative estimate of drug-likeness (QED) is 0.671. The average Bonchev–Trinajstić information content (AvgIpc) is 3.03. The minimum absolute atomic E-state index is 0. The van der Waals surface area contributed by atoms with E-state index < -0.39 is 5.97 Å². The van der Waals surface area contributed by atoms with Crippen LogP contribution in [0.5, 0.6) is 5.75 Å². The van der Waals surface area contributed by atoms with E-state index in [0.29, 0.717) is 5.75 Å². The topological polar surface area (TPSA) is 71.5 Å². The molecule has 1 aliphatic carbocycles. The predicted molar refractivity (Wildman–Crippen MR) is 105 cm³/mol. The van der Waals surface area contributed by atoms with Gasteiger partial charge in [0.1, 0.15) is 5.75 Å². The second kappa shape index (κ2) is 7.76. The average molecular weight is 389 g/mol. The molecule has 1 aromatic heterocycles. The van der Waals surface area contributed by atoms with Crippen LogP contribution < -0.4 is 10.1 Å². The molecule has 1 heterocycles. The summed E-state index contributed by atoms with van der Waals surface area (Å²) in [5, 5.41) is 13.0. The molecule has 0 saturated carbocycles. The summed E-state index contributed by atoms with van der Waals surface area (Å²) in [7, 11) is 0. The molecule has 0 atom stereocenters. The molecule has 26 heavy (non-hydrogen) atoms. The van der Waals surface area contributed by atoms with Gasteiger partial charge in [-0.25, -0.2) is 9.78 Å². The maximum atomic E-state index is 10.8. The lowest BCUT2D eigenvalue weighted by Gasteiger charge is -2.18. The highest BCUT2D eigenvalue weighted by atomic mass is 35.5. The molecular weight excluding hydrogens is 372 g/mol. The first-order valence-corrected chi connectivity index (χ1v) is 8.81. The molecular formula is C19H17ClN2O3S. The van der Waals surface area contributed by atoms with Gasteiger partial charge in [0.2, 0.25) is 0 Å². The number of hydrogen-bond acceptors (Lipinski definition) is 5. The molecule has 0 unspecified atom stereocenters. The molecule has 2 aromatic carbocycles. The van der Waals surface area contributed by atoms with Crippen molar-refractivity contribution in [2.75, 3.05) is 11.9 Å². The summed E-state index contributed by atoms with van der Waals surface area (Å²) >= 11 is 1.66. The highest BCUT2D eigenvalue weighted by molar-refractivity contribution is 7.16. The van der Waals surface area contributed by atoms with Gasteiger partial charge in [0.05, 0.1) is 5.69 Å². The van der Waals surface area contributed by atoms with Crippen LogP contribution in [0.3, 0.4) is 0 Å². The maximum absolute atomic E-state index is 10.8. The largest absolute Gasteiger partial charge is 0.482 e. The summed E-state index contributed by atoms with van der Waals surface area (Å²) in [6.45, 7) is -0.332. The fourth-order valence-electron chi connectivity index (χ4n) is 2.99. The van der Waals surface area contributed by atoms with Crippen molar-refractivity contribution in [1.82, 2.24) is 4.98 Å². The lowest BCUT2D eigenvalue weighted by molar-refractivity contribution is -0.139. The summed E-state index contributed by atoms with van der Waals surface area (Å²) in [5.74, 6) is -0.340. The van der Waals surface area contributed by atoms with E-state index >= 15 is 0 Å². The molecule has 3 aromatic rings. The van der Waals surface area contributed by atoms with E-state index in [1.165, 1.54) is 4.88 Å². The number of benzene rings is 2. The second-order valence-corrected chi connectivity index (χ2v) is 6.83. The molecule has 134 valence electrons. The van der Waals surface area contributed by atoms with Crippen molar-refractivity contribution in [1.29, 1.82) is 0 Å². The van der Waals surface area contributed by atoms with Gasteiger partial charge in [-0.05, 0) is 31.0 Å². The molecule has 0 saturated heterocycles. The van der Waals surface area contributed by atoms with Crippen molar-refractivity contribution in [3.63, 3.8) is 0 Å². The van der Waals surface area contributed by atoms with Crippen LogP contribution in [0.15, 0.2) is 48.5 Å². The van der Waals surface area contributed by atoms with Crippen molar-refractivity contribution < 1.29 is 14.6 Å². The number of carboxylic acids is 1. The zero-order valence-electron chi connectivity index (χ0n) is 13.8. The van der Waals surface area contributed by atoms with Crippen molar-refractivity contribution >= 4 is 40.5 Å². The Bertz CT molecular complexity index is 928. The zero-order valence-corrected chi connectivity index (χ0v) is 15.4. The van der Waals surface area contributed by atoms with Crippen LogP contribution in [0.1, 0.15) is 10.4 Å². The smallest absolute Gasteiger partial charge is 0.341 e. The highest BCUT2D eigenvalue weighted by Gasteiger charge is 2.23. The molecule has 1 aliphatic rings. The summed E-state index contributed by atoms with van der Waals surface area (Å²) in [5.41, 5.74) is 4.03.